The van der Waals surface area contributed by atoms with Gasteiger partial charge in [-0.05, 0) is 44.0 Å². The molecule has 2 rings (SSSR count). The monoisotopic (exact) mass is 390 g/mol. The lowest BCUT2D eigenvalue weighted by Crippen LogP contribution is -2.14. The van der Waals surface area contributed by atoms with E-state index in [1.165, 1.54) is 26.8 Å². The molecule has 0 unspecified atom stereocenters. The van der Waals surface area contributed by atoms with Crippen molar-refractivity contribution in [2.24, 2.45) is 0 Å². The Morgan fingerprint density at radius 1 is 0.821 bits per heavy atom. The number of aryl methyl sites for hydroxylation is 2. The first-order chi connectivity index (χ1) is 13.0. The van der Waals surface area contributed by atoms with Crippen molar-refractivity contribution in [2.45, 2.75) is 20.8 Å². The number of carboxylic acids is 1. The Hall–Kier alpha value is -3.75. The molecule has 148 valence electrons. The highest BCUT2D eigenvalue weighted by atomic mass is 16.5. The minimum atomic E-state index is -1.63. The van der Waals surface area contributed by atoms with Gasteiger partial charge in [-0.2, -0.15) is 0 Å². The van der Waals surface area contributed by atoms with Crippen molar-refractivity contribution >= 4 is 17.9 Å². The number of aromatic hydroxyl groups is 3. The van der Waals surface area contributed by atoms with Crippen LogP contribution in [0, 0.1) is 20.8 Å². The van der Waals surface area contributed by atoms with E-state index in [9.17, 15) is 29.7 Å². The zero-order valence-electron chi connectivity index (χ0n) is 15.5. The number of hydrogen-bond donors (Lipinski definition) is 4. The van der Waals surface area contributed by atoms with E-state index < -0.39 is 46.3 Å². The summed E-state index contributed by atoms with van der Waals surface area (Å²) in [6.07, 6.45) is 0. The molecule has 0 aliphatic heterocycles. The number of hydrogen-bond acceptors (Lipinski definition) is 8. The Kier molecular flexibility index (Phi) is 5.49. The molecular formula is C19H18O9. The van der Waals surface area contributed by atoms with Gasteiger partial charge < -0.3 is 29.9 Å². The zero-order valence-corrected chi connectivity index (χ0v) is 15.5. The van der Waals surface area contributed by atoms with Gasteiger partial charge in [0.05, 0.1) is 7.11 Å². The molecule has 0 aliphatic carbocycles. The number of rotatable bonds is 4. The third kappa shape index (κ3) is 3.41. The van der Waals surface area contributed by atoms with Gasteiger partial charge >= 0.3 is 17.9 Å². The second-order valence-corrected chi connectivity index (χ2v) is 6.04. The summed E-state index contributed by atoms with van der Waals surface area (Å²) in [6.45, 7) is 4.27. The Balaban J connectivity index is 2.54. The van der Waals surface area contributed by atoms with Gasteiger partial charge in [0.2, 0.25) is 0 Å². The van der Waals surface area contributed by atoms with Crippen LogP contribution in [0.2, 0.25) is 0 Å². The summed E-state index contributed by atoms with van der Waals surface area (Å²) in [4.78, 5) is 35.6. The van der Waals surface area contributed by atoms with Crippen LogP contribution in [0.1, 0.15) is 47.8 Å². The second kappa shape index (κ2) is 7.47. The largest absolute Gasteiger partial charge is 0.507 e. The molecule has 0 fully saturated rings. The van der Waals surface area contributed by atoms with E-state index in [-0.39, 0.29) is 28.0 Å². The number of carbonyl (C=O) groups excluding carboxylic acids is 2. The maximum absolute atomic E-state index is 12.6. The summed E-state index contributed by atoms with van der Waals surface area (Å²) in [6, 6.07) is 2.33. The summed E-state index contributed by atoms with van der Waals surface area (Å²) in [5.74, 6) is -5.69. The van der Waals surface area contributed by atoms with Crippen LogP contribution < -0.4 is 4.74 Å². The molecule has 28 heavy (non-hydrogen) atoms. The van der Waals surface area contributed by atoms with Gasteiger partial charge in [-0.25, -0.2) is 14.4 Å². The quantitative estimate of drug-likeness (QED) is 0.456. The van der Waals surface area contributed by atoms with Crippen molar-refractivity contribution < 1.29 is 44.3 Å². The highest BCUT2D eigenvalue weighted by Gasteiger charge is 2.27. The molecule has 2 aromatic carbocycles. The summed E-state index contributed by atoms with van der Waals surface area (Å²) < 4.78 is 9.81. The molecule has 0 aliphatic rings. The number of carbonyl (C=O) groups is 3. The van der Waals surface area contributed by atoms with Crippen molar-refractivity contribution in [1.29, 1.82) is 0 Å². The van der Waals surface area contributed by atoms with Crippen LogP contribution in [0.15, 0.2) is 12.1 Å². The molecule has 0 bridgehead atoms. The number of ether oxygens (including phenoxy) is 2. The topological polar surface area (TPSA) is 151 Å². The number of phenols is 3. The van der Waals surface area contributed by atoms with Gasteiger partial charge in [0.25, 0.3) is 0 Å². The standard InChI is InChI=1S/C19H18O9/c1-7-5-10(20)14(17(23)24)16(22)13(7)19(26)28-11-6-8(2)12(18(25)27-4)15(21)9(11)3/h5-6,20-22H,1-4H3,(H,23,24). The molecule has 0 saturated carbocycles. The normalized spacial score (nSPS) is 10.4. The highest BCUT2D eigenvalue weighted by Crippen LogP contribution is 2.37. The van der Waals surface area contributed by atoms with E-state index in [1.807, 2.05) is 0 Å². The van der Waals surface area contributed by atoms with Crippen molar-refractivity contribution in [2.75, 3.05) is 7.11 Å². The van der Waals surface area contributed by atoms with Crippen LogP contribution in [0.4, 0.5) is 0 Å². The third-order valence-corrected chi connectivity index (χ3v) is 4.19. The van der Waals surface area contributed by atoms with Gasteiger partial charge in [0, 0.05) is 5.56 Å². The van der Waals surface area contributed by atoms with Crippen LogP contribution in [0.25, 0.3) is 0 Å². The fraction of sp³-hybridized carbons (Fsp3) is 0.211. The Morgan fingerprint density at radius 2 is 1.36 bits per heavy atom. The molecule has 0 radical (unpaired) electrons. The van der Waals surface area contributed by atoms with E-state index in [4.69, 9.17) is 9.84 Å². The van der Waals surface area contributed by atoms with Crippen LogP contribution in [-0.4, -0.2) is 45.4 Å². The molecule has 0 atom stereocenters. The Bertz CT molecular complexity index is 1010. The predicted molar refractivity (Wildman–Crippen MR) is 95.3 cm³/mol. The van der Waals surface area contributed by atoms with Gasteiger partial charge in [-0.15, -0.1) is 0 Å². The first kappa shape index (κ1) is 20.6. The summed E-state index contributed by atoms with van der Waals surface area (Å²) in [7, 11) is 1.15. The van der Waals surface area contributed by atoms with Crippen LogP contribution in [0.5, 0.6) is 23.0 Å². The van der Waals surface area contributed by atoms with Gasteiger partial charge in [0.1, 0.15) is 39.7 Å². The molecule has 0 spiro atoms. The fourth-order valence-electron chi connectivity index (χ4n) is 2.74. The van der Waals surface area contributed by atoms with Crippen molar-refractivity contribution in [3.63, 3.8) is 0 Å². The van der Waals surface area contributed by atoms with E-state index in [2.05, 4.69) is 4.74 Å². The number of methoxy groups -OCH3 is 1. The van der Waals surface area contributed by atoms with Crippen molar-refractivity contribution in [3.8, 4) is 23.0 Å². The van der Waals surface area contributed by atoms with Crippen LogP contribution in [0.3, 0.4) is 0 Å². The SMILES string of the molecule is COC(=O)c1c(C)cc(OC(=O)c2c(C)cc(O)c(C(=O)O)c2O)c(C)c1O. The molecule has 2 aromatic rings. The first-order valence-corrected chi connectivity index (χ1v) is 7.93. The molecule has 9 heteroatoms. The van der Waals surface area contributed by atoms with Crippen LogP contribution >= 0.6 is 0 Å². The predicted octanol–water partition coefficient (Wildman–Crippen LogP) is 2.43. The highest BCUT2D eigenvalue weighted by molar-refractivity contribution is 6.03. The minimum absolute atomic E-state index is 0.0636. The smallest absolute Gasteiger partial charge is 0.347 e. The molecule has 4 N–H and O–H groups in total. The fourth-order valence-corrected chi connectivity index (χ4v) is 2.74. The lowest BCUT2D eigenvalue weighted by atomic mass is 10.0. The van der Waals surface area contributed by atoms with E-state index in [0.29, 0.717) is 0 Å². The number of benzene rings is 2. The summed E-state index contributed by atoms with van der Waals surface area (Å²) in [5, 5.41) is 39.2. The lowest BCUT2D eigenvalue weighted by Gasteiger charge is -2.15. The average Bonchev–Trinajstić information content (AvgIpc) is 2.58. The van der Waals surface area contributed by atoms with Gasteiger partial charge in [-0.3, -0.25) is 0 Å². The van der Waals surface area contributed by atoms with E-state index >= 15 is 0 Å². The molecule has 9 nitrogen and oxygen atoms in total. The number of aromatic carboxylic acids is 1. The van der Waals surface area contributed by atoms with Gasteiger partial charge in [0.15, 0.2) is 0 Å². The molecule has 0 aromatic heterocycles. The lowest BCUT2D eigenvalue weighted by molar-refractivity contribution is 0.0595. The maximum Gasteiger partial charge on any atom is 0.347 e. The number of phenolic OH excluding ortho intramolecular Hbond substituents is 1. The average molecular weight is 390 g/mol. The number of carboxylic acid groups (broad SMARTS) is 1. The van der Waals surface area contributed by atoms with Crippen molar-refractivity contribution in [1.82, 2.24) is 0 Å². The third-order valence-electron chi connectivity index (χ3n) is 4.19. The number of esters is 2. The molecule has 0 heterocycles. The van der Waals surface area contributed by atoms with E-state index in [1.54, 1.807) is 0 Å². The van der Waals surface area contributed by atoms with Crippen molar-refractivity contribution in [3.05, 3.63) is 45.5 Å². The molecular weight excluding hydrogens is 372 g/mol. The first-order valence-electron chi connectivity index (χ1n) is 7.93. The van der Waals surface area contributed by atoms with E-state index in [0.717, 1.165) is 13.2 Å². The summed E-state index contributed by atoms with van der Waals surface area (Å²) >= 11 is 0. The Morgan fingerprint density at radius 3 is 1.89 bits per heavy atom. The maximum atomic E-state index is 12.6. The molecule has 0 saturated heterocycles. The summed E-state index contributed by atoms with van der Waals surface area (Å²) in [5.41, 5.74) is -0.964. The molecule has 0 amide bonds. The Labute approximate surface area is 159 Å². The van der Waals surface area contributed by atoms with Crippen LogP contribution in [-0.2, 0) is 4.74 Å². The van der Waals surface area contributed by atoms with Gasteiger partial charge in [-0.1, -0.05) is 0 Å². The second-order valence-electron chi connectivity index (χ2n) is 6.04. The minimum Gasteiger partial charge on any atom is -0.507 e. The zero-order chi connectivity index (χ0) is 21.3.